The number of nitrogens with one attached hydrogen (secondary N) is 1. The van der Waals surface area contributed by atoms with Gasteiger partial charge in [0.15, 0.2) is 0 Å². The van der Waals surface area contributed by atoms with Crippen LogP contribution in [0.25, 0.3) is 0 Å². The first-order chi connectivity index (χ1) is 13.5. The quantitative estimate of drug-likeness (QED) is 0.808. The predicted molar refractivity (Wildman–Crippen MR) is 113 cm³/mol. The minimum Gasteiger partial charge on any atom is -0.497 e. The van der Waals surface area contributed by atoms with Gasteiger partial charge in [0.1, 0.15) is 17.1 Å². The molecule has 7 heteroatoms. The van der Waals surface area contributed by atoms with Gasteiger partial charge in [-0.2, -0.15) is 0 Å². The number of benzene rings is 1. The van der Waals surface area contributed by atoms with Crippen LogP contribution in [0.15, 0.2) is 39.5 Å². The first-order valence-electron chi connectivity index (χ1n) is 9.84. The Balaban J connectivity index is 0.00000240. The maximum atomic E-state index is 12.9. The van der Waals surface area contributed by atoms with E-state index in [0.29, 0.717) is 42.8 Å². The molecule has 0 bridgehead atoms. The van der Waals surface area contributed by atoms with E-state index in [9.17, 15) is 9.59 Å². The number of halogens is 1. The van der Waals surface area contributed by atoms with E-state index >= 15 is 0 Å². The van der Waals surface area contributed by atoms with Crippen LogP contribution < -0.4 is 15.7 Å². The van der Waals surface area contributed by atoms with Crippen molar-refractivity contribution in [3.8, 4) is 5.75 Å². The number of fused-ring (bicyclic) bond motifs is 1. The van der Waals surface area contributed by atoms with E-state index in [-0.39, 0.29) is 23.9 Å². The summed E-state index contributed by atoms with van der Waals surface area (Å²) < 4.78 is 10.7. The van der Waals surface area contributed by atoms with Crippen molar-refractivity contribution in [1.29, 1.82) is 0 Å². The van der Waals surface area contributed by atoms with Gasteiger partial charge in [-0.25, -0.2) is 4.79 Å². The number of carbonyl (C=O) groups excluding carboxylic acids is 1. The molecule has 6 nitrogen and oxygen atoms in total. The van der Waals surface area contributed by atoms with Crippen molar-refractivity contribution >= 4 is 18.3 Å². The Morgan fingerprint density at radius 3 is 2.66 bits per heavy atom. The van der Waals surface area contributed by atoms with Crippen molar-refractivity contribution in [2.24, 2.45) is 5.92 Å². The number of rotatable bonds is 5. The summed E-state index contributed by atoms with van der Waals surface area (Å²) in [6, 6.07) is 10.0. The fourth-order valence-corrected chi connectivity index (χ4v) is 4.29. The number of methoxy groups -OCH3 is 1. The van der Waals surface area contributed by atoms with Gasteiger partial charge in [0.05, 0.1) is 7.11 Å². The zero-order chi connectivity index (χ0) is 19.7. The number of hydrogen-bond donors (Lipinski definition) is 1. The molecule has 2 saturated heterocycles. The number of carbonyl (C=O) groups is 1. The van der Waals surface area contributed by atoms with Crippen LogP contribution in [0.2, 0.25) is 0 Å². The third kappa shape index (κ3) is 4.49. The van der Waals surface area contributed by atoms with Crippen LogP contribution in [0.1, 0.15) is 33.7 Å². The highest BCUT2D eigenvalue weighted by Gasteiger charge is 2.39. The molecule has 1 N–H and O–H groups in total. The number of hydrogen-bond acceptors (Lipinski definition) is 5. The third-order valence-electron chi connectivity index (χ3n) is 5.88. The lowest BCUT2D eigenvalue weighted by Gasteiger charge is -2.18. The molecule has 0 unspecified atom stereocenters. The van der Waals surface area contributed by atoms with E-state index in [1.807, 2.05) is 37.3 Å². The number of nitrogens with zero attached hydrogens (tertiary/aromatic N) is 1. The Morgan fingerprint density at radius 2 is 2.00 bits per heavy atom. The Kier molecular flexibility index (Phi) is 6.65. The van der Waals surface area contributed by atoms with Crippen LogP contribution in [-0.2, 0) is 12.8 Å². The maximum Gasteiger partial charge on any atom is 0.349 e. The zero-order valence-corrected chi connectivity index (χ0v) is 17.6. The lowest BCUT2D eigenvalue weighted by atomic mass is 10.1. The summed E-state index contributed by atoms with van der Waals surface area (Å²) in [4.78, 5) is 27.2. The predicted octanol–water partition coefficient (Wildman–Crippen LogP) is 2.60. The minimum atomic E-state index is -0.528. The van der Waals surface area contributed by atoms with Gasteiger partial charge in [-0.1, -0.05) is 12.1 Å². The smallest absolute Gasteiger partial charge is 0.349 e. The van der Waals surface area contributed by atoms with Gasteiger partial charge in [0.25, 0.3) is 5.91 Å². The highest BCUT2D eigenvalue weighted by molar-refractivity contribution is 5.95. The lowest BCUT2D eigenvalue weighted by molar-refractivity contribution is 0.0777. The Bertz CT molecular complexity index is 913. The molecular formula is C22H27ClN2O4. The molecular weight excluding hydrogens is 392 g/mol. The van der Waals surface area contributed by atoms with E-state index in [2.05, 4.69) is 5.32 Å². The monoisotopic (exact) mass is 418 g/mol. The topological polar surface area (TPSA) is 71.8 Å². The van der Waals surface area contributed by atoms with Crippen molar-refractivity contribution in [2.45, 2.75) is 32.2 Å². The summed E-state index contributed by atoms with van der Waals surface area (Å²) in [6.45, 7) is 4.22. The van der Waals surface area contributed by atoms with Gasteiger partial charge < -0.3 is 19.4 Å². The first kappa shape index (κ1) is 21.4. The summed E-state index contributed by atoms with van der Waals surface area (Å²) in [5.41, 5.74) is 1.47. The van der Waals surface area contributed by atoms with Crippen molar-refractivity contribution in [1.82, 2.24) is 10.2 Å². The van der Waals surface area contributed by atoms with E-state index in [0.717, 1.165) is 30.7 Å². The number of ether oxygens (including phenoxy) is 1. The van der Waals surface area contributed by atoms with Gasteiger partial charge in [-0.15, -0.1) is 12.4 Å². The van der Waals surface area contributed by atoms with Gasteiger partial charge in [0.2, 0.25) is 0 Å². The van der Waals surface area contributed by atoms with Crippen molar-refractivity contribution < 1.29 is 13.9 Å². The molecule has 1 aromatic heterocycles. The first-order valence-corrected chi connectivity index (χ1v) is 9.84. The summed E-state index contributed by atoms with van der Waals surface area (Å²) >= 11 is 0. The molecule has 29 heavy (non-hydrogen) atoms. The zero-order valence-electron chi connectivity index (χ0n) is 16.8. The molecule has 4 rings (SSSR count). The van der Waals surface area contributed by atoms with Gasteiger partial charge in [-0.3, -0.25) is 4.79 Å². The molecule has 2 aliphatic rings. The van der Waals surface area contributed by atoms with Crippen LogP contribution in [0.4, 0.5) is 0 Å². The molecule has 0 saturated carbocycles. The molecule has 1 aromatic carbocycles. The van der Waals surface area contributed by atoms with Crippen molar-refractivity contribution in [3.63, 3.8) is 0 Å². The molecule has 2 aliphatic heterocycles. The van der Waals surface area contributed by atoms with Crippen LogP contribution in [0.5, 0.6) is 5.75 Å². The number of amides is 1. The molecule has 2 aromatic rings. The summed E-state index contributed by atoms with van der Waals surface area (Å²) in [5, 5.41) is 3.43. The largest absolute Gasteiger partial charge is 0.497 e. The molecule has 2 atom stereocenters. The fourth-order valence-electron chi connectivity index (χ4n) is 4.29. The number of aryl methyl sites for hydroxylation is 3. The highest BCUT2D eigenvalue weighted by atomic mass is 35.5. The Hall–Kier alpha value is -2.31. The third-order valence-corrected chi connectivity index (χ3v) is 5.88. The molecule has 0 spiro atoms. The highest BCUT2D eigenvalue weighted by Crippen LogP contribution is 2.26. The molecule has 0 aliphatic carbocycles. The van der Waals surface area contributed by atoms with Crippen LogP contribution >= 0.6 is 12.4 Å². The molecule has 1 amide bonds. The second-order valence-electron chi connectivity index (χ2n) is 7.73. The standard InChI is InChI=1S/C22H26N2O4.ClH/c1-14-11-18(8-5-15-3-6-17(27-2)7-4-15)28-22(26)20(14)21(25)24-12-16-9-10-23-19(16)13-24;/h3-4,6-7,11,16,19,23H,5,8-10,12-13H2,1-2H3;1H/t16-,19+;/m0./s1. The molecule has 2 fully saturated rings. The van der Waals surface area contributed by atoms with E-state index in [4.69, 9.17) is 9.15 Å². The SMILES string of the molecule is COc1ccc(CCc2cc(C)c(C(=O)N3C[C@@H]4CCN[C@@H]4C3)c(=O)o2)cc1.Cl. The second-order valence-corrected chi connectivity index (χ2v) is 7.73. The molecule has 3 heterocycles. The maximum absolute atomic E-state index is 12.9. The average molecular weight is 419 g/mol. The summed E-state index contributed by atoms with van der Waals surface area (Å²) in [7, 11) is 1.64. The normalized spacial score (nSPS) is 20.3. The lowest BCUT2D eigenvalue weighted by Crippen LogP contribution is -2.36. The van der Waals surface area contributed by atoms with Crippen LogP contribution in [0.3, 0.4) is 0 Å². The van der Waals surface area contributed by atoms with E-state index < -0.39 is 5.63 Å². The van der Waals surface area contributed by atoms with Crippen molar-refractivity contribution in [3.05, 3.63) is 63.2 Å². The Morgan fingerprint density at radius 1 is 1.24 bits per heavy atom. The van der Waals surface area contributed by atoms with Crippen LogP contribution in [-0.4, -0.2) is 43.6 Å². The van der Waals surface area contributed by atoms with Gasteiger partial charge >= 0.3 is 5.63 Å². The van der Waals surface area contributed by atoms with Gasteiger partial charge in [-0.05, 0) is 61.6 Å². The summed E-state index contributed by atoms with van der Waals surface area (Å²) in [5.74, 6) is 1.72. The number of likely N-dealkylation sites (tertiary alicyclic amines) is 1. The fraction of sp³-hybridized carbons (Fsp3) is 0.455. The van der Waals surface area contributed by atoms with E-state index in [1.165, 1.54) is 0 Å². The van der Waals surface area contributed by atoms with E-state index in [1.54, 1.807) is 12.0 Å². The van der Waals surface area contributed by atoms with Crippen LogP contribution in [0, 0.1) is 12.8 Å². The molecule has 156 valence electrons. The second kappa shape index (κ2) is 9.01. The molecule has 0 radical (unpaired) electrons. The van der Waals surface area contributed by atoms with Crippen molar-refractivity contribution in [2.75, 3.05) is 26.7 Å². The minimum absolute atomic E-state index is 0. The average Bonchev–Trinajstić information content (AvgIpc) is 3.28. The summed E-state index contributed by atoms with van der Waals surface area (Å²) in [6.07, 6.45) is 2.45. The van der Waals surface area contributed by atoms with Gasteiger partial charge in [0, 0.05) is 25.6 Å². The Labute approximate surface area is 176 Å².